The first kappa shape index (κ1) is 16.0. The highest BCUT2D eigenvalue weighted by molar-refractivity contribution is 7.89. The minimum Gasteiger partial charge on any atom is -0.337 e. The Balaban J connectivity index is 2.06. The first-order valence-electron chi connectivity index (χ1n) is 7.28. The maximum absolute atomic E-state index is 12.4. The van der Waals surface area contributed by atoms with Crippen molar-refractivity contribution in [2.45, 2.75) is 20.3 Å². The second kappa shape index (κ2) is 6.58. The number of hydrogen-bond donors (Lipinski definition) is 0. The summed E-state index contributed by atoms with van der Waals surface area (Å²) in [6.45, 7) is 5.55. The molecule has 0 unspecified atom stereocenters. The van der Waals surface area contributed by atoms with Crippen molar-refractivity contribution in [2.75, 3.05) is 31.9 Å². The Labute approximate surface area is 126 Å². The van der Waals surface area contributed by atoms with Gasteiger partial charge in [0.2, 0.25) is 10.0 Å². The van der Waals surface area contributed by atoms with E-state index in [2.05, 4.69) is 0 Å². The molecule has 1 amide bonds. The van der Waals surface area contributed by atoms with Crippen molar-refractivity contribution in [2.24, 2.45) is 0 Å². The first-order chi connectivity index (χ1) is 9.94. The van der Waals surface area contributed by atoms with Crippen LogP contribution < -0.4 is 0 Å². The molecule has 1 fully saturated rings. The minimum atomic E-state index is -3.17. The maximum atomic E-state index is 12.4. The quantitative estimate of drug-likeness (QED) is 0.850. The van der Waals surface area contributed by atoms with Gasteiger partial charge in [-0.3, -0.25) is 4.79 Å². The summed E-state index contributed by atoms with van der Waals surface area (Å²) in [5.41, 5.74) is 1.77. The summed E-state index contributed by atoms with van der Waals surface area (Å²) in [7, 11) is -3.17. The molecular formula is C15H22N2O3S. The molecule has 1 heterocycles. The van der Waals surface area contributed by atoms with Gasteiger partial charge in [0.25, 0.3) is 5.91 Å². The molecule has 1 aromatic rings. The number of hydrogen-bond acceptors (Lipinski definition) is 3. The first-order valence-corrected chi connectivity index (χ1v) is 8.88. The van der Waals surface area contributed by atoms with E-state index in [9.17, 15) is 13.2 Å². The Bertz CT molecular complexity index is 596. The zero-order valence-corrected chi connectivity index (χ0v) is 13.4. The lowest BCUT2D eigenvalue weighted by atomic mass is 10.1. The van der Waals surface area contributed by atoms with Crippen molar-refractivity contribution >= 4 is 15.9 Å². The van der Waals surface area contributed by atoms with Gasteiger partial charge >= 0.3 is 0 Å². The molecule has 0 saturated carbocycles. The predicted molar refractivity (Wildman–Crippen MR) is 82.7 cm³/mol. The van der Waals surface area contributed by atoms with Crippen LogP contribution in [-0.2, 0) is 10.0 Å². The Morgan fingerprint density at radius 1 is 1.10 bits per heavy atom. The van der Waals surface area contributed by atoms with E-state index in [1.54, 1.807) is 11.8 Å². The second-order valence-corrected chi connectivity index (χ2v) is 7.57. The number of aryl methyl sites for hydroxylation is 1. The summed E-state index contributed by atoms with van der Waals surface area (Å²) in [5.74, 6) is 0.0876. The third-order valence-electron chi connectivity index (χ3n) is 3.80. The van der Waals surface area contributed by atoms with Gasteiger partial charge in [-0.2, -0.15) is 0 Å². The van der Waals surface area contributed by atoms with Crippen molar-refractivity contribution < 1.29 is 13.2 Å². The number of sulfonamides is 1. The summed E-state index contributed by atoms with van der Waals surface area (Å²) in [5, 5.41) is 0. The number of nitrogens with zero attached hydrogens (tertiary/aromatic N) is 2. The fourth-order valence-electron chi connectivity index (χ4n) is 2.44. The Kier molecular flexibility index (Phi) is 5.00. The third kappa shape index (κ3) is 3.83. The zero-order valence-electron chi connectivity index (χ0n) is 12.6. The molecule has 116 valence electrons. The van der Waals surface area contributed by atoms with Crippen LogP contribution in [-0.4, -0.2) is 55.5 Å². The molecule has 1 saturated heterocycles. The minimum absolute atomic E-state index is 0.0225. The number of carbonyl (C=O) groups excluding carboxylic acids is 1. The zero-order chi connectivity index (χ0) is 15.5. The number of carbonyl (C=O) groups is 1. The number of amides is 1. The van der Waals surface area contributed by atoms with Gasteiger partial charge < -0.3 is 4.90 Å². The lowest BCUT2D eigenvalue weighted by molar-refractivity contribution is 0.0764. The van der Waals surface area contributed by atoms with Crippen molar-refractivity contribution in [1.82, 2.24) is 9.21 Å². The smallest absolute Gasteiger partial charge is 0.253 e. The van der Waals surface area contributed by atoms with Crippen molar-refractivity contribution in [3.8, 4) is 0 Å². The monoisotopic (exact) mass is 310 g/mol. The van der Waals surface area contributed by atoms with Crippen molar-refractivity contribution in [3.63, 3.8) is 0 Å². The van der Waals surface area contributed by atoms with Gasteiger partial charge in [0.1, 0.15) is 0 Å². The number of rotatable bonds is 3. The van der Waals surface area contributed by atoms with Gasteiger partial charge in [-0.1, -0.05) is 17.7 Å². The average molecular weight is 310 g/mol. The van der Waals surface area contributed by atoms with Gasteiger partial charge in [-0.15, -0.1) is 0 Å². The normalized spacial score (nSPS) is 17.5. The Morgan fingerprint density at radius 2 is 1.76 bits per heavy atom. The molecule has 0 bridgehead atoms. The maximum Gasteiger partial charge on any atom is 0.253 e. The Morgan fingerprint density at radius 3 is 2.38 bits per heavy atom. The fraction of sp³-hybridized carbons (Fsp3) is 0.533. The van der Waals surface area contributed by atoms with E-state index in [0.717, 1.165) is 5.56 Å². The Hall–Kier alpha value is -1.40. The van der Waals surface area contributed by atoms with Crippen LogP contribution >= 0.6 is 0 Å². The second-order valence-electron chi connectivity index (χ2n) is 5.31. The summed E-state index contributed by atoms with van der Waals surface area (Å²) in [6.07, 6.45) is 0.677. The van der Waals surface area contributed by atoms with Crippen LogP contribution in [0.3, 0.4) is 0 Å². The van der Waals surface area contributed by atoms with Crippen LogP contribution in [0.2, 0.25) is 0 Å². The lowest BCUT2D eigenvalue weighted by Crippen LogP contribution is -2.37. The average Bonchev–Trinajstić information content (AvgIpc) is 2.73. The van der Waals surface area contributed by atoms with Crippen LogP contribution in [0, 0.1) is 6.92 Å². The van der Waals surface area contributed by atoms with Crippen molar-refractivity contribution in [1.29, 1.82) is 0 Å². The predicted octanol–water partition coefficient (Wildman–Crippen LogP) is 1.49. The van der Waals surface area contributed by atoms with Crippen LogP contribution in [0.15, 0.2) is 24.3 Å². The molecule has 1 aliphatic rings. The third-order valence-corrected chi connectivity index (χ3v) is 5.68. The molecule has 0 N–H and O–H groups in total. The van der Waals surface area contributed by atoms with Crippen LogP contribution in [0.5, 0.6) is 0 Å². The summed E-state index contributed by atoms with van der Waals surface area (Å²) < 4.78 is 25.3. The molecule has 1 aliphatic heterocycles. The summed E-state index contributed by atoms with van der Waals surface area (Å²) in [4.78, 5) is 14.2. The van der Waals surface area contributed by atoms with E-state index in [1.165, 1.54) is 4.31 Å². The summed E-state index contributed by atoms with van der Waals surface area (Å²) in [6, 6.07) is 7.48. The molecule has 5 nitrogen and oxygen atoms in total. The van der Waals surface area contributed by atoms with E-state index in [0.29, 0.717) is 38.2 Å². The molecule has 2 rings (SSSR count). The van der Waals surface area contributed by atoms with Crippen molar-refractivity contribution in [3.05, 3.63) is 35.4 Å². The van der Waals surface area contributed by atoms with E-state index in [4.69, 9.17) is 0 Å². The van der Waals surface area contributed by atoms with Crippen LogP contribution in [0.25, 0.3) is 0 Å². The van der Waals surface area contributed by atoms with E-state index in [-0.39, 0.29) is 11.7 Å². The highest BCUT2D eigenvalue weighted by atomic mass is 32.2. The molecule has 0 atom stereocenters. The van der Waals surface area contributed by atoms with Gasteiger partial charge in [-0.25, -0.2) is 12.7 Å². The molecule has 0 spiro atoms. The molecule has 6 heteroatoms. The van der Waals surface area contributed by atoms with Gasteiger partial charge in [0.05, 0.1) is 5.75 Å². The topological polar surface area (TPSA) is 57.7 Å². The van der Waals surface area contributed by atoms with Gasteiger partial charge in [-0.05, 0) is 32.4 Å². The van der Waals surface area contributed by atoms with E-state index < -0.39 is 10.0 Å². The molecule has 0 radical (unpaired) electrons. The highest BCUT2D eigenvalue weighted by Crippen LogP contribution is 2.12. The highest BCUT2D eigenvalue weighted by Gasteiger charge is 2.25. The van der Waals surface area contributed by atoms with Crippen LogP contribution in [0.1, 0.15) is 29.3 Å². The summed E-state index contributed by atoms with van der Waals surface area (Å²) >= 11 is 0. The number of benzene rings is 1. The van der Waals surface area contributed by atoms with Gasteiger partial charge in [0, 0.05) is 31.7 Å². The van der Waals surface area contributed by atoms with E-state index >= 15 is 0 Å². The SMILES string of the molecule is CCS(=O)(=O)N1CCCN(C(=O)c2ccc(C)cc2)CC1. The standard InChI is InChI=1S/C15H22N2O3S/c1-3-21(19,20)17-10-4-9-16(11-12-17)15(18)14-7-5-13(2)6-8-14/h5-8H,3-4,9-12H2,1-2H3. The molecular weight excluding hydrogens is 288 g/mol. The molecule has 21 heavy (non-hydrogen) atoms. The molecule has 1 aromatic carbocycles. The van der Waals surface area contributed by atoms with E-state index in [1.807, 2.05) is 31.2 Å². The fourth-order valence-corrected chi connectivity index (χ4v) is 3.57. The van der Waals surface area contributed by atoms with Crippen LogP contribution in [0.4, 0.5) is 0 Å². The molecule has 0 aliphatic carbocycles. The molecule has 0 aromatic heterocycles. The largest absolute Gasteiger partial charge is 0.337 e. The lowest BCUT2D eigenvalue weighted by Gasteiger charge is -2.21. The van der Waals surface area contributed by atoms with Gasteiger partial charge in [0.15, 0.2) is 0 Å².